The fourth-order valence-corrected chi connectivity index (χ4v) is 3.05. The fourth-order valence-electron chi connectivity index (χ4n) is 3.05. The molecule has 7 heteroatoms. The van der Waals surface area contributed by atoms with Crippen LogP contribution >= 0.6 is 0 Å². The van der Waals surface area contributed by atoms with Gasteiger partial charge in [0.15, 0.2) is 6.61 Å². The minimum Gasteiger partial charge on any atom is -0.484 e. The molecule has 1 N–H and O–H groups in total. The first kappa shape index (κ1) is 17.7. The third-order valence-electron chi connectivity index (χ3n) is 4.51. The van der Waals surface area contributed by atoms with Gasteiger partial charge in [-0.05, 0) is 12.1 Å². The Hall–Kier alpha value is -2.12. The highest BCUT2D eigenvalue weighted by Crippen LogP contribution is 2.10. The van der Waals surface area contributed by atoms with Crippen molar-refractivity contribution in [2.75, 3.05) is 52.5 Å². The van der Waals surface area contributed by atoms with Crippen LogP contribution < -0.4 is 10.1 Å². The normalized spacial score (nSPS) is 21.0. The quantitative estimate of drug-likeness (QED) is 0.819. The van der Waals surface area contributed by atoms with Crippen molar-refractivity contribution in [3.8, 4) is 5.75 Å². The summed E-state index contributed by atoms with van der Waals surface area (Å²) >= 11 is 0. The van der Waals surface area contributed by atoms with Crippen molar-refractivity contribution in [3.05, 3.63) is 30.3 Å². The Morgan fingerprint density at radius 1 is 1.08 bits per heavy atom. The smallest absolute Gasteiger partial charge is 0.260 e. The van der Waals surface area contributed by atoms with E-state index < -0.39 is 0 Å². The predicted octanol–water partition coefficient (Wildman–Crippen LogP) is 0.115. The molecule has 2 fully saturated rings. The second-order valence-electron chi connectivity index (χ2n) is 6.29. The molecule has 0 bridgehead atoms. The van der Waals surface area contributed by atoms with Gasteiger partial charge in [0, 0.05) is 45.2 Å². The van der Waals surface area contributed by atoms with Crippen LogP contribution in [0.15, 0.2) is 30.3 Å². The summed E-state index contributed by atoms with van der Waals surface area (Å²) in [6, 6.07) is 9.40. The Morgan fingerprint density at radius 2 is 1.76 bits per heavy atom. The lowest BCUT2D eigenvalue weighted by Crippen LogP contribution is -2.53. The number of hydrogen-bond acceptors (Lipinski definition) is 5. The highest BCUT2D eigenvalue weighted by atomic mass is 16.5. The number of para-hydroxylation sites is 1. The van der Waals surface area contributed by atoms with Gasteiger partial charge in [-0.3, -0.25) is 9.59 Å². The molecule has 25 heavy (non-hydrogen) atoms. The van der Waals surface area contributed by atoms with Gasteiger partial charge in [0.05, 0.1) is 13.2 Å². The SMILES string of the molecule is O=C(COc1ccccc1)N1CCN(C(=O)C[C@H]2COCCN2)CC1. The third-order valence-corrected chi connectivity index (χ3v) is 4.51. The number of nitrogens with zero attached hydrogens (tertiary/aromatic N) is 2. The number of ether oxygens (including phenoxy) is 2. The molecule has 3 rings (SSSR count). The molecule has 136 valence electrons. The lowest BCUT2D eigenvalue weighted by Gasteiger charge is -2.35. The van der Waals surface area contributed by atoms with Gasteiger partial charge >= 0.3 is 0 Å². The van der Waals surface area contributed by atoms with E-state index in [4.69, 9.17) is 9.47 Å². The van der Waals surface area contributed by atoms with Gasteiger partial charge in [-0.1, -0.05) is 18.2 Å². The van der Waals surface area contributed by atoms with Crippen molar-refractivity contribution in [1.82, 2.24) is 15.1 Å². The zero-order chi connectivity index (χ0) is 17.5. The lowest BCUT2D eigenvalue weighted by atomic mass is 10.1. The van der Waals surface area contributed by atoms with Gasteiger partial charge in [0.1, 0.15) is 5.75 Å². The van der Waals surface area contributed by atoms with E-state index in [9.17, 15) is 9.59 Å². The molecular formula is C18H25N3O4. The second kappa shape index (κ2) is 8.82. The molecule has 0 radical (unpaired) electrons. The number of piperazine rings is 1. The van der Waals surface area contributed by atoms with Crippen LogP contribution in [0.25, 0.3) is 0 Å². The average molecular weight is 347 g/mol. The number of amides is 2. The number of rotatable bonds is 5. The highest BCUT2D eigenvalue weighted by Gasteiger charge is 2.26. The number of benzene rings is 1. The lowest BCUT2D eigenvalue weighted by molar-refractivity contribution is -0.141. The summed E-state index contributed by atoms with van der Waals surface area (Å²) in [6.07, 6.45) is 0.449. The summed E-state index contributed by atoms with van der Waals surface area (Å²) < 4.78 is 10.9. The van der Waals surface area contributed by atoms with Gasteiger partial charge in [0.2, 0.25) is 5.91 Å². The number of nitrogens with one attached hydrogen (secondary N) is 1. The first-order valence-electron chi connectivity index (χ1n) is 8.77. The van der Waals surface area contributed by atoms with E-state index in [1.54, 1.807) is 4.90 Å². The van der Waals surface area contributed by atoms with Crippen LogP contribution in [0.1, 0.15) is 6.42 Å². The topological polar surface area (TPSA) is 71.1 Å². The minimum absolute atomic E-state index is 0.0291. The Kier molecular flexibility index (Phi) is 6.25. The van der Waals surface area contributed by atoms with E-state index in [0.29, 0.717) is 51.6 Å². The Balaban J connectivity index is 1.38. The molecule has 2 aliphatic rings. The van der Waals surface area contributed by atoms with Crippen molar-refractivity contribution in [1.29, 1.82) is 0 Å². The third kappa shape index (κ3) is 5.17. The molecule has 2 saturated heterocycles. The average Bonchev–Trinajstić information content (AvgIpc) is 2.68. The van der Waals surface area contributed by atoms with E-state index in [-0.39, 0.29) is 24.5 Å². The summed E-state index contributed by atoms with van der Waals surface area (Å²) in [5, 5.41) is 3.29. The Labute approximate surface area is 147 Å². The van der Waals surface area contributed by atoms with E-state index in [2.05, 4.69) is 5.32 Å². The first-order chi connectivity index (χ1) is 12.2. The summed E-state index contributed by atoms with van der Waals surface area (Å²) in [4.78, 5) is 28.2. The second-order valence-corrected chi connectivity index (χ2v) is 6.29. The molecule has 0 aliphatic carbocycles. The van der Waals surface area contributed by atoms with Gasteiger partial charge < -0.3 is 24.6 Å². The van der Waals surface area contributed by atoms with E-state index in [1.165, 1.54) is 0 Å². The molecule has 2 aliphatic heterocycles. The van der Waals surface area contributed by atoms with Gasteiger partial charge in [0.25, 0.3) is 5.91 Å². The van der Waals surface area contributed by atoms with Crippen LogP contribution in [0, 0.1) is 0 Å². The maximum Gasteiger partial charge on any atom is 0.260 e. The van der Waals surface area contributed by atoms with Crippen molar-refractivity contribution < 1.29 is 19.1 Å². The maximum atomic E-state index is 12.4. The zero-order valence-corrected chi connectivity index (χ0v) is 14.4. The van der Waals surface area contributed by atoms with E-state index in [1.807, 2.05) is 35.2 Å². The summed E-state index contributed by atoms with van der Waals surface area (Å²) in [6.45, 7) is 4.36. The molecule has 0 spiro atoms. The van der Waals surface area contributed by atoms with Crippen molar-refractivity contribution >= 4 is 11.8 Å². The van der Waals surface area contributed by atoms with Crippen molar-refractivity contribution in [3.63, 3.8) is 0 Å². The highest BCUT2D eigenvalue weighted by molar-refractivity contribution is 5.79. The zero-order valence-electron chi connectivity index (χ0n) is 14.4. The fraction of sp³-hybridized carbons (Fsp3) is 0.556. The summed E-state index contributed by atoms with van der Waals surface area (Å²) in [7, 11) is 0. The molecule has 1 atom stereocenters. The minimum atomic E-state index is -0.0432. The summed E-state index contributed by atoms with van der Waals surface area (Å²) in [5.41, 5.74) is 0. The van der Waals surface area contributed by atoms with Crippen LogP contribution in [-0.2, 0) is 14.3 Å². The van der Waals surface area contributed by atoms with E-state index >= 15 is 0 Å². The summed E-state index contributed by atoms with van der Waals surface area (Å²) in [5.74, 6) is 0.765. The number of carbonyl (C=O) groups is 2. The van der Waals surface area contributed by atoms with Crippen molar-refractivity contribution in [2.24, 2.45) is 0 Å². The predicted molar refractivity (Wildman–Crippen MR) is 92.3 cm³/mol. The number of hydrogen-bond donors (Lipinski definition) is 1. The largest absolute Gasteiger partial charge is 0.484 e. The van der Waals surface area contributed by atoms with Gasteiger partial charge in [-0.15, -0.1) is 0 Å². The van der Waals surface area contributed by atoms with Crippen LogP contribution in [0.5, 0.6) is 5.75 Å². The van der Waals surface area contributed by atoms with Crippen LogP contribution in [0.3, 0.4) is 0 Å². The van der Waals surface area contributed by atoms with Gasteiger partial charge in [-0.25, -0.2) is 0 Å². The number of carbonyl (C=O) groups excluding carboxylic acids is 2. The first-order valence-corrected chi connectivity index (χ1v) is 8.77. The molecule has 2 heterocycles. The Morgan fingerprint density at radius 3 is 2.40 bits per heavy atom. The molecule has 1 aromatic carbocycles. The molecule has 0 unspecified atom stereocenters. The molecule has 0 aromatic heterocycles. The van der Waals surface area contributed by atoms with Crippen LogP contribution in [0.4, 0.5) is 0 Å². The van der Waals surface area contributed by atoms with Gasteiger partial charge in [-0.2, -0.15) is 0 Å². The maximum absolute atomic E-state index is 12.4. The molecule has 7 nitrogen and oxygen atoms in total. The monoisotopic (exact) mass is 347 g/mol. The molecule has 1 aromatic rings. The molecule has 0 saturated carbocycles. The van der Waals surface area contributed by atoms with Crippen molar-refractivity contribution in [2.45, 2.75) is 12.5 Å². The van der Waals surface area contributed by atoms with E-state index in [0.717, 1.165) is 6.54 Å². The molecular weight excluding hydrogens is 322 g/mol. The molecule has 2 amide bonds. The number of morpholine rings is 1. The Bertz CT molecular complexity index is 567. The van der Waals surface area contributed by atoms with Crippen LogP contribution in [0.2, 0.25) is 0 Å². The van der Waals surface area contributed by atoms with Crippen LogP contribution in [-0.4, -0.2) is 80.2 Å². The standard InChI is InChI=1S/C18H25N3O4/c22-17(12-15-13-24-11-6-19-15)20-7-9-21(10-8-20)18(23)14-25-16-4-2-1-3-5-16/h1-5,15,19H,6-14H2/t15-/m0/s1.